The third-order valence-electron chi connectivity index (χ3n) is 2.89. The molecule has 1 aromatic carbocycles. The van der Waals surface area contributed by atoms with Crippen molar-refractivity contribution < 1.29 is 14.2 Å². The topological polar surface area (TPSA) is 53.7 Å². The Bertz CT molecular complexity index is 378. The van der Waals surface area contributed by atoms with E-state index in [1.165, 1.54) is 0 Å². The molecule has 0 fully saturated rings. The van der Waals surface area contributed by atoms with Gasteiger partial charge in [0.15, 0.2) is 11.5 Å². The van der Waals surface area contributed by atoms with Gasteiger partial charge in [0.25, 0.3) is 0 Å². The molecule has 1 aromatic rings. The Labute approximate surface area is 109 Å². The van der Waals surface area contributed by atoms with Crippen LogP contribution in [0.1, 0.15) is 25.3 Å². The molecule has 18 heavy (non-hydrogen) atoms. The van der Waals surface area contributed by atoms with Crippen LogP contribution < -0.4 is 19.9 Å². The van der Waals surface area contributed by atoms with E-state index in [2.05, 4.69) is 0 Å². The van der Waals surface area contributed by atoms with Gasteiger partial charge >= 0.3 is 0 Å². The Morgan fingerprint density at radius 3 is 2.06 bits per heavy atom. The van der Waals surface area contributed by atoms with E-state index >= 15 is 0 Å². The summed E-state index contributed by atoms with van der Waals surface area (Å²) in [6.45, 7) is 2.02. The van der Waals surface area contributed by atoms with Crippen LogP contribution in [-0.2, 0) is 6.42 Å². The summed E-state index contributed by atoms with van der Waals surface area (Å²) in [5.41, 5.74) is 6.87. The van der Waals surface area contributed by atoms with Crippen molar-refractivity contribution in [1.82, 2.24) is 0 Å². The molecule has 0 aromatic heterocycles. The van der Waals surface area contributed by atoms with E-state index in [-0.39, 0.29) is 6.04 Å². The highest BCUT2D eigenvalue weighted by atomic mass is 16.5. The van der Waals surface area contributed by atoms with Gasteiger partial charge in [0, 0.05) is 12.1 Å². The number of aryl methyl sites for hydroxylation is 1. The van der Waals surface area contributed by atoms with Crippen molar-refractivity contribution in [3.05, 3.63) is 17.7 Å². The summed E-state index contributed by atoms with van der Waals surface area (Å²) < 4.78 is 15.9. The molecule has 0 radical (unpaired) electrons. The van der Waals surface area contributed by atoms with E-state index in [0.29, 0.717) is 5.75 Å². The highest BCUT2D eigenvalue weighted by molar-refractivity contribution is 5.50. The lowest BCUT2D eigenvalue weighted by Crippen LogP contribution is -2.14. The monoisotopic (exact) mass is 253 g/mol. The normalized spacial score (nSPS) is 12.1. The molecule has 0 saturated carbocycles. The Kier molecular flexibility index (Phi) is 5.78. The molecule has 1 rings (SSSR count). The van der Waals surface area contributed by atoms with Crippen molar-refractivity contribution in [1.29, 1.82) is 0 Å². The molecule has 4 heteroatoms. The number of ether oxygens (including phenoxy) is 3. The van der Waals surface area contributed by atoms with Crippen LogP contribution in [-0.4, -0.2) is 27.4 Å². The number of methoxy groups -OCH3 is 3. The Hall–Kier alpha value is -1.42. The maximum absolute atomic E-state index is 5.75. The highest BCUT2D eigenvalue weighted by Gasteiger charge is 2.11. The van der Waals surface area contributed by atoms with E-state index in [1.54, 1.807) is 21.3 Å². The largest absolute Gasteiger partial charge is 0.496 e. The summed E-state index contributed by atoms with van der Waals surface area (Å²) in [7, 11) is 4.92. The zero-order chi connectivity index (χ0) is 13.5. The number of rotatable bonds is 7. The van der Waals surface area contributed by atoms with Crippen molar-refractivity contribution in [3.8, 4) is 17.2 Å². The van der Waals surface area contributed by atoms with E-state index in [0.717, 1.165) is 36.3 Å². The fraction of sp³-hybridized carbons (Fsp3) is 0.571. The standard InChI is InChI=1S/C14H23NO3/c1-10(15)6-5-7-11-8-13(17-3)14(18-4)9-12(11)16-2/h8-10H,5-7,15H2,1-4H3. The quantitative estimate of drug-likeness (QED) is 0.810. The fourth-order valence-corrected chi connectivity index (χ4v) is 1.90. The van der Waals surface area contributed by atoms with Crippen LogP contribution in [0.4, 0.5) is 0 Å². The first-order valence-electron chi connectivity index (χ1n) is 6.16. The molecule has 1 atom stereocenters. The Morgan fingerprint density at radius 1 is 1.00 bits per heavy atom. The predicted molar refractivity (Wildman–Crippen MR) is 72.7 cm³/mol. The Morgan fingerprint density at radius 2 is 1.56 bits per heavy atom. The molecule has 1 unspecified atom stereocenters. The van der Waals surface area contributed by atoms with Crippen LogP contribution in [0.2, 0.25) is 0 Å². The van der Waals surface area contributed by atoms with E-state index in [9.17, 15) is 0 Å². The summed E-state index contributed by atoms with van der Waals surface area (Å²) >= 11 is 0. The molecule has 4 nitrogen and oxygen atoms in total. The average Bonchev–Trinajstić information content (AvgIpc) is 2.37. The number of hydrogen-bond acceptors (Lipinski definition) is 4. The fourth-order valence-electron chi connectivity index (χ4n) is 1.90. The molecule has 102 valence electrons. The van der Waals surface area contributed by atoms with Crippen molar-refractivity contribution in [2.45, 2.75) is 32.2 Å². The Balaban J connectivity index is 2.87. The maximum Gasteiger partial charge on any atom is 0.164 e. The van der Waals surface area contributed by atoms with Crippen LogP contribution in [0, 0.1) is 0 Å². The summed E-state index contributed by atoms with van der Waals surface area (Å²) in [5, 5.41) is 0. The van der Waals surface area contributed by atoms with Crippen LogP contribution in [0.5, 0.6) is 17.2 Å². The van der Waals surface area contributed by atoms with Gasteiger partial charge < -0.3 is 19.9 Å². The molecular formula is C14H23NO3. The van der Waals surface area contributed by atoms with E-state index < -0.39 is 0 Å². The van der Waals surface area contributed by atoms with Crippen molar-refractivity contribution >= 4 is 0 Å². The molecule has 0 spiro atoms. The van der Waals surface area contributed by atoms with Crippen molar-refractivity contribution in [3.63, 3.8) is 0 Å². The van der Waals surface area contributed by atoms with Crippen LogP contribution in [0.3, 0.4) is 0 Å². The highest BCUT2D eigenvalue weighted by Crippen LogP contribution is 2.35. The zero-order valence-electron chi connectivity index (χ0n) is 11.7. The molecule has 2 N–H and O–H groups in total. The smallest absolute Gasteiger partial charge is 0.164 e. The summed E-state index contributed by atoms with van der Waals surface area (Å²) in [5.74, 6) is 2.25. The van der Waals surface area contributed by atoms with E-state index in [4.69, 9.17) is 19.9 Å². The molecule has 0 saturated heterocycles. The van der Waals surface area contributed by atoms with Crippen LogP contribution in [0.15, 0.2) is 12.1 Å². The maximum atomic E-state index is 5.75. The second-order valence-corrected chi connectivity index (χ2v) is 4.39. The van der Waals surface area contributed by atoms with Gasteiger partial charge in [-0.1, -0.05) is 0 Å². The summed E-state index contributed by atoms with van der Waals surface area (Å²) in [6.07, 6.45) is 2.95. The molecule has 0 bridgehead atoms. The van der Waals surface area contributed by atoms with Gasteiger partial charge in [0.1, 0.15) is 5.75 Å². The molecular weight excluding hydrogens is 230 g/mol. The zero-order valence-corrected chi connectivity index (χ0v) is 11.7. The lowest BCUT2D eigenvalue weighted by Gasteiger charge is -2.14. The number of nitrogens with two attached hydrogens (primary N) is 1. The van der Waals surface area contributed by atoms with Crippen molar-refractivity contribution in [2.75, 3.05) is 21.3 Å². The van der Waals surface area contributed by atoms with Crippen LogP contribution >= 0.6 is 0 Å². The first kappa shape index (κ1) is 14.6. The van der Waals surface area contributed by atoms with Gasteiger partial charge in [0.2, 0.25) is 0 Å². The van der Waals surface area contributed by atoms with Crippen LogP contribution in [0.25, 0.3) is 0 Å². The van der Waals surface area contributed by atoms with Gasteiger partial charge in [-0.25, -0.2) is 0 Å². The summed E-state index contributed by atoms with van der Waals surface area (Å²) in [4.78, 5) is 0. The van der Waals surface area contributed by atoms with Gasteiger partial charge in [0.05, 0.1) is 21.3 Å². The number of hydrogen-bond donors (Lipinski definition) is 1. The average molecular weight is 253 g/mol. The minimum Gasteiger partial charge on any atom is -0.496 e. The van der Waals surface area contributed by atoms with E-state index in [1.807, 2.05) is 19.1 Å². The number of benzene rings is 1. The third kappa shape index (κ3) is 3.81. The van der Waals surface area contributed by atoms with Gasteiger partial charge in [-0.3, -0.25) is 0 Å². The third-order valence-corrected chi connectivity index (χ3v) is 2.89. The lowest BCUT2D eigenvalue weighted by atomic mass is 10.0. The van der Waals surface area contributed by atoms with Gasteiger partial charge in [-0.2, -0.15) is 0 Å². The van der Waals surface area contributed by atoms with Gasteiger partial charge in [-0.15, -0.1) is 0 Å². The molecule has 0 aliphatic carbocycles. The second kappa shape index (κ2) is 7.11. The van der Waals surface area contributed by atoms with Crippen molar-refractivity contribution in [2.24, 2.45) is 5.73 Å². The molecule has 0 heterocycles. The van der Waals surface area contributed by atoms with Gasteiger partial charge in [-0.05, 0) is 37.8 Å². The minimum atomic E-state index is 0.233. The molecule has 0 aliphatic rings. The molecule has 0 amide bonds. The first-order chi connectivity index (χ1) is 8.62. The minimum absolute atomic E-state index is 0.233. The molecule has 0 aliphatic heterocycles. The second-order valence-electron chi connectivity index (χ2n) is 4.39. The summed E-state index contributed by atoms with van der Waals surface area (Å²) in [6, 6.07) is 4.06. The SMILES string of the molecule is COc1cc(OC)c(OC)cc1CCCC(C)N. The lowest BCUT2D eigenvalue weighted by molar-refractivity contribution is 0.347. The predicted octanol–water partition coefficient (Wildman–Crippen LogP) is 2.38. The first-order valence-corrected chi connectivity index (χ1v) is 6.16.